The van der Waals surface area contributed by atoms with Crippen LogP contribution in [0.4, 0.5) is 0 Å². The number of carbonyl (C=O) groups excluding carboxylic acids is 1. The molecule has 0 saturated carbocycles. The number of ether oxygens (including phenoxy) is 1. The summed E-state index contributed by atoms with van der Waals surface area (Å²) in [6.07, 6.45) is 2.40. The van der Waals surface area contributed by atoms with Gasteiger partial charge in [0.25, 0.3) is 5.91 Å². The first kappa shape index (κ1) is 13.3. The van der Waals surface area contributed by atoms with Gasteiger partial charge in [-0.3, -0.25) is 14.6 Å². The summed E-state index contributed by atoms with van der Waals surface area (Å²) >= 11 is 0. The predicted octanol–water partition coefficient (Wildman–Crippen LogP) is 0.103. The molecule has 7 heteroatoms. The summed E-state index contributed by atoms with van der Waals surface area (Å²) in [7, 11) is 0. The zero-order chi connectivity index (χ0) is 13.8. The molecule has 1 amide bonds. The molecule has 1 aromatic rings. The van der Waals surface area contributed by atoms with Crippen molar-refractivity contribution in [3.63, 3.8) is 0 Å². The number of rotatable bonds is 3. The third-order valence-corrected chi connectivity index (χ3v) is 2.87. The van der Waals surface area contributed by atoms with E-state index in [-0.39, 0.29) is 30.2 Å². The van der Waals surface area contributed by atoms with Crippen LogP contribution in [0.25, 0.3) is 0 Å². The van der Waals surface area contributed by atoms with Crippen molar-refractivity contribution in [2.45, 2.75) is 12.5 Å². The second-order valence-corrected chi connectivity index (χ2v) is 4.26. The van der Waals surface area contributed by atoms with Crippen LogP contribution in [0.2, 0.25) is 0 Å². The van der Waals surface area contributed by atoms with E-state index in [0.717, 1.165) is 0 Å². The number of carboxylic acids is 1. The van der Waals surface area contributed by atoms with E-state index in [4.69, 9.17) is 9.84 Å². The van der Waals surface area contributed by atoms with E-state index in [9.17, 15) is 14.7 Å². The third kappa shape index (κ3) is 3.19. The number of carboxylic acid groups (broad SMARTS) is 1. The number of pyridine rings is 1. The molecule has 0 aliphatic carbocycles. The zero-order valence-corrected chi connectivity index (χ0v) is 10.2. The van der Waals surface area contributed by atoms with Crippen LogP contribution in [-0.4, -0.2) is 57.8 Å². The standard InChI is InChI=1S/C12H14N2O5/c15-10-3-8(5-13-6-10)12(18)14-1-2-19-7-9(14)4-11(16)17/h3,5-6,9,15H,1-2,4,7H2,(H,16,17). The van der Waals surface area contributed by atoms with Crippen LogP contribution in [0, 0.1) is 0 Å². The van der Waals surface area contributed by atoms with E-state index < -0.39 is 12.0 Å². The summed E-state index contributed by atoms with van der Waals surface area (Å²) in [5.74, 6) is -1.44. The van der Waals surface area contributed by atoms with Crippen molar-refractivity contribution in [2.75, 3.05) is 19.8 Å². The maximum atomic E-state index is 12.3. The smallest absolute Gasteiger partial charge is 0.305 e. The van der Waals surface area contributed by atoms with E-state index in [1.54, 1.807) is 0 Å². The number of aromatic nitrogens is 1. The average Bonchev–Trinajstić information content (AvgIpc) is 2.38. The molecule has 102 valence electrons. The molecule has 1 atom stereocenters. The fourth-order valence-electron chi connectivity index (χ4n) is 2.00. The molecule has 0 bridgehead atoms. The Balaban J connectivity index is 2.17. The largest absolute Gasteiger partial charge is 0.506 e. The summed E-state index contributed by atoms with van der Waals surface area (Å²) < 4.78 is 5.20. The lowest BCUT2D eigenvalue weighted by Gasteiger charge is -2.34. The van der Waals surface area contributed by atoms with Crippen molar-refractivity contribution >= 4 is 11.9 Å². The second kappa shape index (κ2) is 5.66. The van der Waals surface area contributed by atoms with Gasteiger partial charge in [-0.2, -0.15) is 0 Å². The van der Waals surface area contributed by atoms with E-state index in [1.807, 2.05) is 0 Å². The van der Waals surface area contributed by atoms with Crippen molar-refractivity contribution in [1.29, 1.82) is 0 Å². The monoisotopic (exact) mass is 266 g/mol. The molecular formula is C12H14N2O5. The van der Waals surface area contributed by atoms with E-state index in [2.05, 4.69) is 4.98 Å². The summed E-state index contributed by atoms with van der Waals surface area (Å²) in [5.41, 5.74) is 0.234. The first-order chi connectivity index (χ1) is 9.08. The summed E-state index contributed by atoms with van der Waals surface area (Å²) in [5, 5.41) is 18.2. The normalized spacial score (nSPS) is 19.2. The van der Waals surface area contributed by atoms with Crippen molar-refractivity contribution in [3.8, 4) is 5.75 Å². The minimum absolute atomic E-state index is 0.103. The lowest BCUT2D eigenvalue weighted by atomic mass is 10.1. The molecule has 0 aromatic carbocycles. The molecule has 1 aliphatic rings. The number of amides is 1. The molecular weight excluding hydrogens is 252 g/mol. The highest BCUT2D eigenvalue weighted by atomic mass is 16.5. The van der Waals surface area contributed by atoms with Gasteiger partial charge in [0.15, 0.2) is 0 Å². The molecule has 0 radical (unpaired) electrons. The minimum Gasteiger partial charge on any atom is -0.506 e. The molecule has 1 saturated heterocycles. The second-order valence-electron chi connectivity index (χ2n) is 4.26. The Morgan fingerprint density at radius 1 is 1.47 bits per heavy atom. The Bertz CT molecular complexity index is 491. The van der Waals surface area contributed by atoms with Crippen LogP contribution in [0.15, 0.2) is 18.5 Å². The van der Waals surface area contributed by atoms with Gasteiger partial charge in [-0.05, 0) is 6.07 Å². The molecule has 1 fully saturated rings. The highest BCUT2D eigenvalue weighted by Crippen LogP contribution is 2.17. The number of hydrogen-bond donors (Lipinski definition) is 2. The quantitative estimate of drug-likeness (QED) is 0.805. The molecule has 1 aromatic heterocycles. The van der Waals surface area contributed by atoms with Gasteiger partial charge in [-0.1, -0.05) is 0 Å². The van der Waals surface area contributed by atoms with E-state index in [0.29, 0.717) is 13.2 Å². The van der Waals surface area contributed by atoms with Gasteiger partial charge < -0.3 is 19.8 Å². The average molecular weight is 266 g/mol. The number of nitrogens with zero attached hydrogens (tertiary/aromatic N) is 2. The zero-order valence-electron chi connectivity index (χ0n) is 10.2. The van der Waals surface area contributed by atoms with E-state index >= 15 is 0 Å². The number of carbonyl (C=O) groups is 2. The number of aliphatic carboxylic acids is 1. The lowest BCUT2D eigenvalue weighted by molar-refractivity contribution is -0.139. The molecule has 2 heterocycles. The lowest BCUT2D eigenvalue weighted by Crippen LogP contribution is -2.49. The molecule has 2 rings (SSSR count). The molecule has 19 heavy (non-hydrogen) atoms. The Morgan fingerprint density at radius 2 is 2.26 bits per heavy atom. The fourth-order valence-corrected chi connectivity index (χ4v) is 2.00. The molecule has 2 N–H and O–H groups in total. The topological polar surface area (TPSA) is 100.0 Å². The molecule has 1 unspecified atom stereocenters. The minimum atomic E-state index is -0.984. The van der Waals surface area contributed by atoms with Gasteiger partial charge >= 0.3 is 5.97 Å². The van der Waals surface area contributed by atoms with Crippen LogP contribution < -0.4 is 0 Å². The Hall–Kier alpha value is -2.15. The Kier molecular flexibility index (Phi) is 3.96. The first-order valence-electron chi connectivity index (χ1n) is 5.82. The maximum Gasteiger partial charge on any atom is 0.305 e. The van der Waals surface area contributed by atoms with Crippen LogP contribution in [0.5, 0.6) is 5.75 Å². The van der Waals surface area contributed by atoms with Crippen molar-refractivity contribution in [1.82, 2.24) is 9.88 Å². The number of morpholine rings is 1. The van der Waals surface area contributed by atoms with Crippen LogP contribution in [0.1, 0.15) is 16.8 Å². The summed E-state index contributed by atoms with van der Waals surface area (Å²) in [4.78, 5) is 28.2. The van der Waals surface area contributed by atoms with Gasteiger partial charge in [-0.25, -0.2) is 0 Å². The summed E-state index contributed by atoms with van der Waals surface area (Å²) in [6.45, 7) is 0.894. The van der Waals surface area contributed by atoms with Gasteiger partial charge in [0, 0.05) is 12.7 Å². The van der Waals surface area contributed by atoms with Gasteiger partial charge in [-0.15, -0.1) is 0 Å². The predicted molar refractivity (Wildman–Crippen MR) is 63.8 cm³/mol. The maximum absolute atomic E-state index is 12.3. The van der Waals surface area contributed by atoms with E-state index in [1.165, 1.54) is 23.4 Å². The highest BCUT2D eigenvalue weighted by molar-refractivity contribution is 5.94. The van der Waals surface area contributed by atoms with Crippen molar-refractivity contribution in [3.05, 3.63) is 24.0 Å². The number of aromatic hydroxyl groups is 1. The Morgan fingerprint density at radius 3 is 2.95 bits per heavy atom. The van der Waals surface area contributed by atoms with Gasteiger partial charge in [0.05, 0.1) is 37.4 Å². The first-order valence-corrected chi connectivity index (χ1v) is 5.82. The highest BCUT2D eigenvalue weighted by Gasteiger charge is 2.30. The van der Waals surface area contributed by atoms with Crippen molar-refractivity contribution in [2.24, 2.45) is 0 Å². The van der Waals surface area contributed by atoms with Crippen LogP contribution >= 0.6 is 0 Å². The SMILES string of the molecule is O=C(O)CC1COCCN1C(=O)c1cncc(O)c1. The van der Waals surface area contributed by atoms with Gasteiger partial charge in [0.1, 0.15) is 5.75 Å². The molecule has 1 aliphatic heterocycles. The Labute approximate surface area is 109 Å². The summed E-state index contributed by atoms with van der Waals surface area (Å²) in [6, 6.07) is 0.809. The third-order valence-electron chi connectivity index (χ3n) is 2.87. The van der Waals surface area contributed by atoms with Crippen LogP contribution in [0.3, 0.4) is 0 Å². The molecule has 7 nitrogen and oxygen atoms in total. The van der Waals surface area contributed by atoms with Gasteiger partial charge in [0.2, 0.25) is 0 Å². The van der Waals surface area contributed by atoms with Crippen molar-refractivity contribution < 1.29 is 24.5 Å². The fraction of sp³-hybridized carbons (Fsp3) is 0.417. The molecule has 0 spiro atoms. The van der Waals surface area contributed by atoms with Crippen LogP contribution in [-0.2, 0) is 9.53 Å². The number of hydrogen-bond acceptors (Lipinski definition) is 5.